The summed E-state index contributed by atoms with van der Waals surface area (Å²) in [6.45, 7) is 4.04. The molecule has 1 aromatic heterocycles. The van der Waals surface area contributed by atoms with E-state index in [1.165, 1.54) is 5.69 Å². The summed E-state index contributed by atoms with van der Waals surface area (Å²) < 4.78 is 5.76. The molecule has 2 aromatic carbocycles. The van der Waals surface area contributed by atoms with Crippen molar-refractivity contribution in [1.29, 1.82) is 0 Å². The van der Waals surface area contributed by atoms with Crippen LogP contribution in [0.1, 0.15) is 0 Å². The first-order valence-electron chi connectivity index (χ1n) is 9.60. The molecule has 6 heteroatoms. The molecule has 1 aliphatic rings. The molecule has 144 valence electrons. The van der Waals surface area contributed by atoms with Gasteiger partial charge in [-0.3, -0.25) is 4.98 Å². The first-order chi connectivity index (χ1) is 13.8. The number of piperazine rings is 1. The lowest BCUT2D eigenvalue weighted by Crippen LogP contribution is -2.52. The summed E-state index contributed by atoms with van der Waals surface area (Å²) in [5.41, 5.74) is 2.15. The van der Waals surface area contributed by atoms with Gasteiger partial charge in [0.05, 0.1) is 12.1 Å². The normalized spacial score (nSPS) is 14.1. The van der Waals surface area contributed by atoms with Gasteiger partial charge in [-0.15, -0.1) is 0 Å². The van der Waals surface area contributed by atoms with Gasteiger partial charge in [0.15, 0.2) is 0 Å². The van der Waals surface area contributed by atoms with Crippen LogP contribution in [0.3, 0.4) is 0 Å². The SMILES string of the molecule is O=C(NCCOc1ccc2ncccc2c1)N1CCN(c2ccccc2)CC1. The molecule has 0 saturated carbocycles. The highest BCUT2D eigenvalue weighted by Gasteiger charge is 2.20. The van der Waals surface area contributed by atoms with Gasteiger partial charge in [-0.05, 0) is 36.4 Å². The molecule has 3 aromatic rings. The lowest BCUT2D eigenvalue weighted by molar-refractivity contribution is 0.191. The Morgan fingerprint density at radius 1 is 1.00 bits per heavy atom. The van der Waals surface area contributed by atoms with E-state index in [-0.39, 0.29) is 6.03 Å². The zero-order chi connectivity index (χ0) is 19.2. The summed E-state index contributed by atoms with van der Waals surface area (Å²) >= 11 is 0. The number of urea groups is 1. The van der Waals surface area contributed by atoms with Gasteiger partial charge in [-0.1, -0.05) is 24.3 Å². The van der Waals surface area contributed by atoms with Gasteiger partial charge >= 0.3 is 6.03 Å². The Kier molecular flexibility index (Phi) is 5.56. The predicted octanol–water partition coefficient (Wildman–Crippen LogP) is 3.15. The third kappa shape index (κ3) is 4.34. The molecule has 2 amide bonds. The Morgan fingerprint density at radius 3 is 2.64 bits per heavy atom. The largest absolute Gasteiger partial charge is 0.492 e. The van der Waals surface area contributed by atoms with Crippen LogP contribution in [-0.2, 0) is 0 Å². The summed E-state index contributed by atoms with van der Waals surface area (Å²) in [7, 11) is 0. The van der Waals surface area contributed by atoms with E-state index in [0.717, 1.165) is 42.8 Å². The fraction of sp³-hybridized carbons (Fsp3) is 0.273. The number of hydrogen-bond donors (Lipinski definition) is 1. The van der Waals surface area contributed by atoms with Crippen LogP contribution in [0.15, 0.2) is 66.9 Å². The Morgan fingerprint density at radius 2 is 1.82 bits per heavy atom. The molecular weight excluding hydrogens is 352 g/mol. The fourth-order valence-corrected chi connectivity index (χ4v) is 3.39. The van der Waals surface area contributed by atoms with Crippen molar-refractivity contribution in [3.05, 3.63) is 66.9 Å². The van der Waals surface area contributed by atoms with E-state index < -0.39 is 0 Å². The second kappa shape index (κ2) is 8.61. The Bertz CT molecular complexity index is 924. The van der Waals surface area contributed by atoms with Crippen molar-refractivity contribution in [2.24, 2.45) is 0 Å². The highest BCUT2D eigenvalue weighted by atomic mass is 16.5. The van der Waals surface area contributed by atoms with Crippen molar-refractivity contribution in [3.8, 4) is 5.75 Å². The molecule has 0 atom stereocenters. The number of carbonyl (C=O) groups is 1. The van der Waals surface area contributed by atoms with Crippen LogP contribution < -0.4 is 15.0 Å². The molecule has 1 N–H and O–H groups in total. The van der Waals surface area contributed by atoms with Gasteiger partial charge in [-0.25, -0.2) is 4.79 Å². The Hall–Kier alpha value is -3.28. The Labute approximate surface area is 164 Å². The van der Waals surface area contributed by atoms with Crippen LogP contribution >= 0.6 is 0 Å². The number of anilines is 1. The third-order valence-corrected chi connectivity index (χ3v) is 4.91. The quantitative estimate of drug-likeness (QED) is 0.695. The molecule has 6 nitrogen and oxygen atoms in total. The molecule has 1 saturated heterocycles. The third-order valence-electron chi connectivity index (χ3n) is 4.91. The second-order valence-corrected chi connectivity index (χ2v) is 6.75. The van der Waals surface area contributed by atoms with Gasteiger partial charge < -0.3 is 19.9 Å². The van der Waals surface area contributed by atoms with E-state index >= 15 is 0 Å². The zero-order valence-corrected chi connectivity index (χ0v) is 15.8. The molecule has 0 spiro atoms. The van der Waals surface area contributed by atoms with Crippen molar-refractivity contribution in [3.63, 3.8) is 0 Å². The number of aromatic nitrogens is 1. The molecule has 0 unspecified atom stereocenters. The lowest BCUT2D eigenvalue weighted by atomic mass is 10.2. The van der Waals surface area contributed by atoms with Crippen LogP contribution in [0.5, 0.6) is 5.75 Å². The molecule has 1 aliphatic heterocycles. The van der Waals surface area contributed by atoms with E-state index in [0.29, 0.717) is 13.2 Å². The topological polar surface area (TPSA) is 57.7 Å². The highest BCUT2D eigenvalue weighted by molar-refractivity contribution is 5.79. The van der Waals surface area contributed by atoms with E-state index in [1.54, 1.807) is 6.20 Å². The van der Waals surface area contributed by atoms with Crippen LogP contribution in [0, 0.1) is 0 Å². The Balaban J connectivity index is 1.19. The molecule has 4 rings (SSSR count). The number of nitrogens with one attached hydrogen (secondary N) is 1. The molecule has 2 heterocycles. The van der Waals surface area contributed by atoms with E-state index in [4.69, 9.17) is 4.74 Å². The summed E-state index contributed by atoms with van der Waals surface area (Å²) in [6, 6.07) is 20.0. The number of carbonyl (C=O) groups excluding carboxylic acids is 1. The summed E-state index contributed by atoms with van der Waals surface area (Å²) in [5, 5.41) is 3.99. The van der Waals surface area contributed by atoms with Crippen molar-refractivity contribution in [1.82, 2.24) is 15.2 Å². The van der Waals surface area contributed by atoms with Crippen molar-refractivity contribution < 1.29 is 9.53 Å². The van der Waals surface area contributed by atoms with Crippen LogP contribution in [-0.4, -0.2) is 55.2 Å². The zero-order valence-electron chi connectivity index (χ0n) is 15.8. The molecule has 28 heavy (non-hydrogen) atoms. The van der Waals surface area contributed by atoms with Crippen LogP contribution in [0.2, 0.25) is 0 Å². The maximum atomic E-state index is 12.4. The number of hydrogen-bond acceptors (Lipinski definition) is 4. The summed E-state index contributed by atoms with van der Waals surface area (Å²) in [4.78, 5) is 20.8. The monoisotopic (exact) mass is 376 g/mol. The first-order valence-corrected chi connectivity index (χ1v) is 9.60. The number of rotatable bonds is 5. The molecule has 0 radical (unpaired) electrons. The second-order valence-electron chi connectivity index (χ2n) is 6.75. The highest BCUT2D eigenvalue weighted by Crippen LogP contribution is 2.19. The number of fused-ring (bicyclic) bond motifs is 1. The molecule has 0 bridgehead atoms. The minimum atomic E-state index is -0.0287. The van der Waals surface area contributed by atoms with Gasteiger partial charge in [0.1, 0.15) is 12.4 Å². The van der Waals surface area contributed by atoms with Crippen molar-refractivity contribution >= 4 is 22.6 Å². The number of benzene rings is 2. The van der Waals surface area contributed by atoms with Crippen molar-refractivity contribution in [2.75, 3.05) is 44.2 Å². The predicted molar refractivity (Wildman–Crippen MR) is 111 cm³/mol. The van der Waals surface area contributed by atoms with E-state index in [2.05, 4.69) is 27.3 Å². The summed E-state index contributed by atoms with van der Waals surface area (Å²) in [5.74, 6) is 0.784. The smallest absolute Gasteiger partial charge is 0.317 e. The average molecular weight is 376 g/mol. The average Bonchev–Trinajstić information content (AvgIpc) is 2.77. The van der Waals surface area contributed by atoms with Gasteiger partial charge in [0.2, 0.25) is 0 Å². The fourth-order valence-electron chi connectivity index (χ4n) is 3.39. The molecule has 1 fully saturated rings. The number of ether oxygens (including phenoxy) is 1. The lowest BCUT2D eigenvalue weighted by Gasteiger charge is -2.36. The number of pyridine rings is 1. The maximum Gasteiger partial charge on any atom is 0.317 e. The number of nitrogens with zero attached hydrogens (tertiary/aromatic N) is 3. The minimum absolute atomic E-state index is 0.0287. The van der Waals surface area contributed by atoms with Crippen LogP contribution in [0.25, 0.3) is 10.9 Å². The van der Waals surface area contributed by atoms with Gasteiger partial charge in [0, 0.05) is 43.4 Å². The maximum absolute atomic E-state index is 12.4. The van der Waals surface area contributed by atoms with Gasteiger partial charge in [-0.2, -0.15) is 0 Å². The van der Waals surface area contributed by atoms with E-state index in [1.807, 2.05) is 53.4 Å². The van der Waals surface area contributed by atoms with E-state index in [9.17, 15) is 4.79 Å². The van der Waals surface area contributed by atoms with Crippen LogP contribution in [0.4, 0.5) is 10.5 Å². The van der Waals surface area contributed by atoms with Gasteiger partial charge in [0.25, 0.3) is 0 Å². The standard InChI is InChI=1S/C22H24N4O2/c27-22(26-14-12-25(13-15-26)19-6-2-1-3-7-19)24-11-16-28-20-8-9-21-18(17-20)5-4-10-23-21/h1-10,17H,11-16H2,(H,24,27). The molecule has 0 aliphatic carbocycles. The number of para-hydroxylation sites is 1. The van der Waals surface area contributed by atoms with Crippen molar-refractivity contribution in [2.45, 2.75) is 0 Å². The summed E-state index contributed by atoms with van der Waals surface area (Å²) in [6.07, 6.45) is 1.78. The minimum Gasteiger partial charge on any atom is -0.492 e. The first kappa shape index (κ1) is 18.1. The number of amides is 2. The molecular formula is C22H24N4O2.